The molecule has 0 saturated carbocycles. The van der Waals surface area contributed by atoms with Gasteiger partial charge in [-0.2, -0.15) is 0 Å². The van der Waals surface area contributed by atoms with E-state index in [1.165, 1.54) is 24.3 Å². The van der Waals surface area contributed by atoms with Crippen LogP contribution in [0.15, 0.2) is 36.4 Å². The van der Waals surface area contributed by atoms with Crippen LogP contribution >= 0.6 is 23.2 Å². The second-order valence-corrected chi connectivity index (χ2v) is 4.88. The number of ether oxygens (including phenoxy) is 1. The van der Waals surface area contributed by atoms with Gasteiger partial charge in [0.2, 0.25) is 5.91 Å². The first kappa shape index (κ1) is 14.6. The first-order valence-corrected chi connectivity index (χ1v) is 6.39. The van der Waals surface area contributed by atoms with Gasteiger partial charge in [-0.15, -0.1) is 0 Å². The summed E-state index contributed by atoms with van der Waals surface area (Å²) in [7, 11) is 0. The zero-order chi connectivity index (χ0) is 14.7. The molecule has 0 saturated heterocycles. The van der Waals surface area contributed by atoms with Crippen LogP contribution in [0.2, 0.25) is 10.0 Å². The summed E-state index contributed by atoms with van der Waals surface area (Å²) in [5.41, 5.74) is 5.56. The smallest absolute Gasteiger partial charge is 0.248 e. The van der Waals surface area contributed by atoms with Gasteiger partial charge in [-0.1, -0.05) is 23.2 Å². The molecule has 0 aromatic heterocycles. The van der Waals surface area contributed by atoms with Gasteiger partial charge in [0.25, 0.3) is 0 Å². The van der Waals surface area contributed by atoms with E-state index in [1.54, 1.807) is 12.1 Å². The van der Waals surface area contributed by atoms with Crippen LogP contribution in [-0.2, 0) is 6.61 Å². The molecular weight excluding hydrogens is 304 g/mol. The molecule has 0 aliphatic rings. The van der Waals surface area contributed by atoms with Crippen LogP contribution in [0.25, 0.3) is 0 Å². The predicted octanol–water partition coefficient (Wildman–Crippen LogP) is 3.81. The minimum absolute atomic E-state index is 0.0903. The summed E-state index contributed by atoms with van der Waals surface area (Å²) in [6.07, 6.45) is 0. The lowest BCUT2D eigenvalue weighted by molar-refractivity contribution is 0.1000. The maximum absolute atomic E-state index is 13.6. The maximum Gasteiger partial charge on any atom is 0.248 e. The fourth-order valence-electron chi connectivity index (χ4n) is 1.58. The average Bonchev–Trinajstić information content (AvgIpc) is 2.41. The van der Waals surface area contributed by atoms with Gasteiger partial charge in [-0.25, -0.2) is 4.39 Å². The number of hydrogen-bond donors (Lipinski definition) is 1. The summed E-state index contributed by atoms with van der Waals surface area (Å²) in [5, 5.41) is 0.816. The number of nitrogens with two attached hydrogens (primary N) is 1. The highest BCUT2D eigenvalue weighted by Gasteiger charge is 2.09. The van der Waals surface area contributed by atoms with Gasteiger partial charge in [0.1, 0.15) is 18.2 Å². The third-order valence-electron chi connectivity index (χ3n) is 2.61. The Kier molecular flexibility index (Phi) is 4.47. The Balaban J connectivity index is 2.20. The summed E-state index contributed by atoms with van der Waals surface area (Å²) in [6.45, 7) is -0.0903. The van der Waals surface area contributed by atoms with Gasteiger partial charge < -0.3 is 10.5 Å². The highest BCUT2D eigenvalue weighted by molar-refractivity contribution is 6.34. The molecule has 2 aromatic carbocycles. The molecular formula is C14H10Cl2FNO2. The van der Waals surface area contributed by atoms with Gasteiger partial charge in [0.05, 0.1) is 5.02 Å². The SMILES string of the molecule is NC(=O)c1ccc(F)c(COc2cc(Cl)ccc2Cl)c1. The Morgan fingerprint density at radius 1 is 1.20 bits per heavy atom. The molecule has 0 bridgehead atoms. The van der Waals surface area contributed by atoms with Crippen molar-refractivity contribution in [2.45, 2.75) is 6.61 Å². The van der Waals surface area contributed by atoms with Gasteiger partial charge in [-0.05, 0) is 30.3 Å². The normalized spacial score (nSPS) is 10.3. The number of rotatable bonds is 4. The number of amides is 1. The Morgan fingerprint density at radius 3 is 2.65 bits per heavy atom. The highest BCUT2D eigenvalue weighted by atomic mass is 35.5. The molecule has 0 atom stereocenters. The van der Waals surface area contributed by atoms with Crippen LogP contribution in [0, 0.1) is 5.82 Å². The number of carbonyl (C=O) groups excluding carboxylic acids is 1. The standard InChI is InChI=1S/C14H10Cl2FNO2/c15-10-2-3-11(16)13(6-10)20-7-9-5-8(14(18)19)1-4-12(9)17/h1-6H,7H2,(H2,18,19). The molecule has 1 amide bonds. The molecule has 2 rings (SSSR count). The maximum atomic E-state index is 13.6. The highest BCUT2D eigenvalue weighted by Crippen LogP contribution is 2.28. The fourth-order valence-corrected chi connectivity index (χ4v) is 1.92. The minimum Gasteiger partial charge on any atom is -0.487 e. The summed E-state index contributed by atoms with van der Waals surface area (Å²) in [5.74, 6) is -0.789. The van der Waals surface area contributed by atoms with Crippen LogP contribution < -0.4 is 10.5 Å². The lowest BCUT2D eigenvalue weighted by atomic mass is 10.1. The monoisotopic (exact) mass is 313 g/mol. The van der Waals surface area contributed by atoms with Crippen LogP contribution in [0.3, 0.4) is 0 Å². The van der Waals surface area contributed by atoms with Crippen molar-refractivity contribution in [3.05, 3.63) is 63.4 Å². The second-order valence-electron chi connectivity index (χ2n) is 4.03. The molecule has 0 radical (unpaired) electrons. The summed E-state index contributed by atoms with van der Waals surface area (Å²) < 4.78 is 19.0. The van der Waals surface area contributed by atoms with Gasteiger partial charge >= 0.3 is 0 Å². The Morgan fingerprint density at radius 2 is 1.95 bits per heavy atom. The number of hydrogen-bond acceptors (Lipinski definition) is 2. The van der Waals surface area contributed by atoms with E-state index in [9.17, 15) is 9.18 Å². The van der Waals surface area contributed by atoms with E-state index in [0.29, 0.717) is 15.8 Å². The third kappa shape index (κ3) is 3.40. The molecule has 3 nitrogen and oxygen atoms in total. The largest absolute Gasteiger partial charge is 0.487 e. The molecule has 0 heterocycles. The molecule has 0 unspecified atom stereocenters. The van der Waals surface area contributed by atoms with E-state index in [-0.39, 0.29) is 17.7 Å². The van der Waals surface area contributed by atoms with Gasteiger partial charge in [-0.3, -0.25) is 4.79 Å². The topological polar surface area (TPSA) is 52.3 Å². The molecule has 2 N–H and O–H groups in total. The first-order chi connectivity index (χ1) is 9.47. The molecule has 0 spiro atoms. The number of benzene rings is 2. The van der Waals surface area contributed by atoms with Crippen LogP contribution in [0.1, 0.15) is 15.9 Å². The van der Waals surface area contributed by atoms with Crippen molar-refractivity contribution < 1.29 is 13.9 Å². The van der Waals surface area contributed by atoms with E-state index < -0.39 is 11.7 Å². The van der Waals surface area contributed by atoms with Crippen molar-refractivity contribution in [3.63, 3.8) is 0 Å². The second kappa shape index (κ2) is 6.11. The van der Waals surface area contributed by atoms with Crippen molar-refractivity contribution in [1.82, 2.24) is 0 Å². The molecule has 2 aromatic rings. The quantitative estimate of drug-likeness (QED) is 0.933. The molecule has 20 heavy (non-hydrogen) atoms. The molecule has 0 aliphatic carbocycles. The average molecular weight is 314 g/mol. The Labute approximate surface area is 125 Å². The lowest BCUT2D eigenvalue weighted by Crippen LogP contribution is -2.12. The predicted molar refractivity (Wildman–Crippen MR) is 75.7 cm³/mol. The molecule has 0 fully saturated rings. The van der Waals surface area contributed by atoms with Crippen molar-refractivity contribution in [3.8, 4) is 5.75 Å². The Hall–Kier alpha value is -1.78. The summed E-state index contributed by atoms with van der Waals surface area (Å²) in [6, 6.07) is 8.54. The van der Waals surface area contributed by atoms with Crippen LogP contribution in [0.5, 0.6) is 5.75 Å². The lowest BCUT2D eigenvalue weighted by Gasteiger charge is -2.10. The van der Waals surface area contributed by atoms with Crippen molar-refractivity contribution in [1.29, 1.82) is 0 Å². The zero-order valence-electron chi connectivity index (χ0n) is 10.2. The van der Waals surface area contributed by atoms with E-state index in [2.05, 4.69) is 0 Å². The first-order valence-electron chi connectivity index (χ1n) is 5.63. The van der Waals surface area contributed by atoms with E-state index in [1.807, 2.05) is 0 Å². The van der Waals surface area contributed by atoms with Crippen molar-refractivity contribution >= 4 is 29.1 Å². The molecule has 6 heteroatoms. The van der Waals surface area contributed by atoms with Crippen LogP contribution in [0.4, 0.5) is 4.39 Å². The number of carbonyl (C=O) groups is 1. The molecule has 0 aliphatic heterocycles. The van der Waals surface area contributed by atoms with Gasteiger partial charge in [0, 0.05) is 22.2 Å². The van der Waals surface area contributed by atoms with E-state index in [4.69, 9.17) is 33.7 Å². The fraction of sp³-hybridized carbons (Fsp3) is 0.0714. The minimum atomic E-state index is -0.632. The number of primary amides is 1. The molecule has 104 valence electrons. The van der Waals surface area contributed by atoms with Crippen molar-refractivity contribution in [2.75, 3.05) is 0 Å². The van der Waals surface area contributed by atoms with E-state index in [0.717, 1.165) is 0 Å². The summed E-state index contributed by atoms with van der Waals surface area (Å²) >= 11 is 11.8. The number of halogens is 3. The van der Waals surface area contributed by atoms with Crippen molar-refractivity contribution in [2.24, 2.45) is 5.73 Å². The van der Waals surface area contributed by atoms with E-state index >= 15 is 0 Å². The van der Waals surface area contributed by atoms with Gasteiger partial charge in [0.15, 0.2) is 0 Å². The Bertz CT molecular complexity index is 662. The summed E-state index contributed by atoms with van der Waals surface area (Å²) in [4.78, 5) is 11.1. The zero-order valence-corrected chi connectivity index (χ0v) is 11.7. The van der Waals surface area contributed by atoms with Crippen LogP contribution in [-0.4, -0.2) is 5.91 Å². The third-order valence-corrected chi connectivity index (χ3v) is 3.15.